The first kappa shape index (κ1) is 15.4. The summed E-state index contributed by atoms with van der Waals surface area (Å²) in [6.07, 6.45) is 0. The highest BCUT2D eigenvalue weighted by Gasteiger charge is 2.04. The second kappa shape index (κ2) is 7.67. The molecular formula is C16H17BrClNO. The van der Waals surface area contributed by atoms with Crippen molar-refractivity contribution in [3.05, 3.63) is 63.6 Å². The largest absolute Gasteiger partial charge is 0.492 e. The Balaban J connectivity index is 1.74. The minimum absolute atomic E-state index is 0.252. The smallest absolute Gasteiger partial charge is 0.119 e. The lowest BCUT2D eigenvalue weighted by atomic mass is 10.1. The lowest BCUT2D eigenvalue weighted by Crippen LogP contribution is -2.24. The van der Waals surface area contributed by atoms with Crippen LogP contribution in [0.5, 0.6) is 5.75 Å². The van der Waals surface area contributed by atoms with Gasteiger partial charge in [-0.05, 0) is 48.9 Å². The van der Waals surface area contributed by atoms with Gasteiger partial charge in [-0.1, -0.05) is 39.7 Å². The molecule has 1 unspecified atom stereocenters. The van der Waals surface area contributed by atoms with Crippen LogP contribution in [0.15, 0.2) is 53.0 Å². The second-order valence-electron chi connectivity index (χ2n) is 4.53. The van der Waals surface area contributed by atoms with Gasteiger partial charge in [0.25, 0.3) is 0 Å². The van der Waals surface area contributed by atoms with E-state index < -0.39 is 0 Å². The summed E-state index contributed by atoms with van der Waals surface area (Å²) in [6, 6.07) is 16.0. The van der Waals surface area contributed by atoms with E-state index in [-0.39, 0.29) is 6.04 Å². The molecule has 0 heterocycles. The molecule has 2 aromatic rings. The molecular weight excluding hydrogens is 338 g/mol. The SMILES string of the molecule is CC(NCCOc1ccc(Br)cc1)c1cccc(Cl)c1. The van der Waals surface area contributed by atoms with Crippen molar-refractivity contribution < 1.29 is 4.74 Å². The van der Waals surface area contributed by atoms with Gasteiger partial charge in [0, 0.05) is 22.1 Å². The van der Waals surface area contributed by atoms with Gasteiger partial charge in [-0.25, -0.2) is 0 Å². The Bertz CT molecular complexity index is 544. The Kier molecular flexibility index (Phi) is 5.89. The van der Waals surface area contributed by atoms with Crippen LogP contribution in [-0.2, 0) is 0 Å². The van der Waals surface area contributed by atoms with Gasteiger partial charge >= 0.3 is 0 Å². The molecule has 0 aliphatic rings. The fourth-order valence-corrected chi connectivity index (χ4v) is 2.33. The quantitative estimate of drug-likeness (QED) is 0.750. The van der Waals surface area contributed by atoms with E-state index in [9.17, 15) is 0 Å². The van der Waals surface area contributed by atoms with Crippen molar-refractivity contribution in [2.24, 2.45) is 0 Å². The summed E-state index contributed by atoms with van der Waals surface area (Å²) in [7, 11) is 0. The first-order valence-corrected chi connectivity index (χ1v) is 7.69. The molecule has 0 fully saturated rings. The molecule has 0 aromatic heterocycles. The highest BCUT2D eigenvalue weighted by molar-refractivity contribution is 9.10. The third-order valence-corrected chi connectivity index (χ3v) is 3.75. The molecule has 2 nitrogen and oxygen atoms in total. The molecule has 0 aliphatic heterocycles. The monoisotopic (exact) mass is 353 g/mol. The zero-order valence-electron chi connectivity index (χ0n) is 11.3. The molecule has 0 bridgehead atoms. The number of halogens is 2. The minimum Gasteiger partial charge on any atom is -0.492 e. The third-order valence-electron chi connectivity index (χ3n) is 2.98. The Labute approximate surface area is 133 Å². The van der Waals surface area contributed by atoms with Crippen LogP contribution in [0.2, 0.25) is 5.02 Å². The predicted molar refractivity (Wildman–Crippen MR) is 87.5 cm³/mol. The molecule has 0 saturated carbocycles. The first-order valence-electron chi connectivity index (χ1n) is 6.52. The topological polar surface area (TPSA) is 21.3 Å². The predicted octanol–water partition coefficient (Wildman–Crippen LogP) is 4.83. The lowest BCUT2D eigenvalue weighted by Gasteiger charge is -2.15. The van der Waals surface area contributed by atoms with Crippen LogP contribution < -0.4 is 10.1 Å². The summed E-state index contributed by atoms with van der Waals surface area (Å²) < 4.78 is 6.71. The van der Waals surface area contributed by atoms with Crippen LogP contribution in [0, 0.1) is 0 Å². The molecule has 0 spiro atoms. The maximum absolute atomic E-state index is 5.99. The summed E-state index contributed by atoms with van der Waals surface area (Å²) >= 11 is 9.39. The van der Waals surface area contributed by atoms with Crippen molar-refractivity contribution >= 4 is 27.5 Å². The van der Waals surface area contributed by atoms with Crippen molar-refractivity contribution in [1.82, 2.24) is 5.32 Å². The van der Waals surface area contributed by atoms with Gasteiger partial charge in [0.15, 0.2) is 0 Å². The van der Waals surface area contributed by atoms with Crippen LogP contribution in [0.1, 0.15) is 18.5 Å². The van der Waals surface area contributed by atoms with Crippen LogP contribution in [-0.4, -0.2) is 13.2 Å². The maximum atomic E-state index is 5.99. The van der Waals surface area contributed by atoms with Gasteiger partial charge in [0.1, 0.15) is 12.4 Å². The van der Waals surface area contributed by atoms with E-state index in [4.69, 9.17) is 16.3 Å². The Hall–Kier alpha value is -1.03. The maximum Gasteiger partial charge on any atom is 0.119 e. The first-order chi connectivity index (χ1) is 9.65. The number of hydrogen-bond donors (Lipinski definition) is 1. The molecule has 106 valence electrons. The van der Waals surface area contributed by atoms with Crippen molar-refractivity contribution in [2.75, 3.05) is 13.2 Å². The number of ether oxygens (including phenoxy) is 1. The van der Waals surface area contributed by atoms with Gasteiger partial charge in [-0.15, -0.1) is 0 Å². The fraction of sp³-hybridized carbons (Fsp3) is 0.250. The van der Waals surface area contributed by atoms with Gasteiger partial charge < -0.3 is 10.1 Å². The zero-order chi connectivity index (χ0) is 14.4. The normalized spacial score (nSPS) is 12.2. The molecule has 0 saturated heterocycles. The van der Waals surface area contributed by atoms with E-state index in [0.717, 1.165) is 21.8 Å². The van der Waals surface area contributed by atoms with Crippen molar-refractivity contribution in [2.45, 2.75) is 13.0 Å². The molecule has 0 aliphatic carbocycles. The van der Waals surface area contributed by atoms with E-state index in [2.05, 4.69) is 34.2 Å². The number of hydrogen-bond acceptors (Lipinski definition) is 2. The highest BCUT2D eigenvalue weighted by atomic mass is 79.9. The summed E-state index contributed by atoms with van der Waals surface area (Å²) in [4.78, 5) is 0. The van der Waals surface area contributed by atoms with E-state index >= 15 is 0 Å². The zero-order valence-corrected chi connectivity index (χ0v) is 13.6. The van der Waals surface area contributed by atoms with Gasteiger partial charge in [0.05, 0.1) is 0 Å². The van der Waals surface area contributed by atoms with Crippen LogP contribution in [0.3, 0.4) is 0 Å². The second-order valence-corrected chi connectivity index (χ2v) is 5.89. The lowest BCUT2D eigenvalue weighted by molar-refractivity contribution is 0.307. The van der Waals surface area contributed by atoms with E-state index in [1.54, 1.807) is 0 Å². The standard InChI is InChI=1S/C16H17BrClNO/c1-12(13-3-2-4-15(18)11-13)19-9-10-20-16-7-5-14(17)6-8-16/h2-8,11-12,19H,9-10H2,1H3. The summed E-state index contributed by atoms with van der Waals surface area (Å²) in [5.41, 5.74) is 1.18. The summed E-state index contributed by atoms with van der Waals surface area (Å²) in [5, 5.41) is 4.18. The van der Waals surface area contributed by atoms with Crippen LogP contribution in [0.4, 0.5) is 0 Å². The number of nitrogens with one attached hydrogen (secondary N) is 1. The molecule has 0 amide bonds. The molecule has 2 rings (SSSR count). The molecule has 1 atom stereocenters. The van der Waals surface area contributed by atoms with Gasteiger partial charge in [0.2, 0.25) is 0 Å². The Morgan fingerprint density at radius 2 is 1.95 bits per heavy atom. The molecule has 20 heavy (non-hydrogen) atoms. The van der Waals surface area contributed by atoms with E-state index in [1.165, 1.54) is 5.56 Å². The Morgan fingerprint density at radius 1 is 1.20 bits per heavy atom. The molecule has 1 N–H and O–H groups in total. The molecule has 4 heteroatoms. The highest BCUT2D eigenvalue weighted by Crippen LogP contribution is 2.18. The number of rotatable bonds is 6. The van der Waals surface area contributed by atoms with Gasteiger partial charge in [-0.3, -0.25) is 0 Å². The average molecular weight is 355 g/mol. The average Bonchev–Trinajstić information content (AvgIpc) is 2.45. The van der Waals surface area contributed by atoms with Crippen LogP contribution >= 0.6 is 27.5 Å². The summed E-state index contributed by atoms with van der Waals surface area (Å²) in [5.74, 6) is 0.880. The van der Waals surface area contributed by atoms with E-state index in [1.807, 2.05) is 42.5 Å². The van der Waals surface area contributed by atoms with Crippen LogP contribution in [0.25, 0.3) is 0 Å². The minimum atomic E-state index is 0.252. The molecule has 0 radical (unpaired) electrons. The third kappa shape index (κ3) is 4.82. The Morgan fingerprint density at radius 3 is 2.65 bits per heavy atom. The van der Waals surface area contributed by atoms with Crippen molar-refractivity contribution in [3.8, 4) is 5.75 Å². The molecule has 2 aromatic carbocycles. The van der Waals surface area contributed by atoms with Crippen molar-refractivity contribution in [3.63, 3.8) is 0 Å². The van der Waals surface area contributed by atoms with Gasteiger partial charge in [-0.2, -0.15) is 0 Å². The number of benzene rings is 2. The fourth-order valence-electron chi connectivity index (χ4n) is 1.87. The van der Waals surface area contributed by atoms with Crippen molar-refractivity contribution in [1.29, 1.82) is 0 Å². The summed E-state index contributed by atoms with van der Waals surface area (Å²) in [6.45, 7) is 3.53. The van der Waals surface area contributed by atoms with E-state index in [0.29, 0.717) is 6.61 Å².